The van der Waals surface area contributed by atoms with E-state index in [0.717, 1.165) is 24.4 Å². The second kappa shape index (κ2) is 7.55. The molecule has 0 saturated heterocycles. The van der Waals surface area contributed by atoms with Crippen LogP contribution in [0.4, 0.5) is 0 Å². The topological polar surface area (TPSA) is 52.8 Å². The molecular weight excluding hydrogens is 372 g/mol. The van der Waals surface area contributed by atoms with E-state index in [1.165, 1.54) is 36.9 Å². The van der Waals surface area contributed by atoms with Crippen LogP contribution < -0.4 is 9.54 Å². The van der Waals surface area contributed by atoms with Gasteiger partial charge in [0, 0.05) is 22.9 Å². The number of methoxy groups -OCH3 is 1. The number of thiazole rings is 1. The van der Waals surface area contributed by atoms with Crippen LogP contribution in [-0.4, -0.2) is 24.2 Å². The predicted octanol–water partition coefficient (Wildman–Crippen LogP) is 3.83. The first-order valence-electron chi connectivity index (χ1n) is 8.87. The number of fused-ring (bicyclic) bond motifs is 1. The lowest BCUT2D eigenvalue weighted by Crippen LogP contribution is -2.27. The van der Waals surface area contributed by atoms with Gasteiger partial charge in [0.05, 0.1) is 31.6 Å². The maximum absolute atomic E-state index is 12.8. The number of rotatable bonds is 4. The van der Waals surface area contributed by atoms with E-state index in [4.69, 9.17) is 21.1 Å². The van der Waals surface area contributed by atoms with Crippen molar-refractivity contribution in [3.8, 4) is 5.75 Å². The molecule has 7 heteroatoms. The van der Waals surface area contributed by atoms with Crippen LogP contribution in [0.1, 0.15) is 40.2 Å². The highest BCUT2D eigenvalue weighted by Crippen LogP contribution is 2.30. The fraction of sp³-hybridized carbons (Fsp3) is 0.474. The summed E-state index contributed by atoms with van der Waals surface area (Å²) in [7, 11) is 1.54. The molecule has 1 saturated carbocycles. The largest absolute Gasteiger partial charge is 0.496 e. The SMILES string of the molecule is COc1ccc(Cl)cc1C(=O)/N=c1\sc2c(n1CC1CCC1)COCC2. The predicted molar refractivity (Wildman–Crippen MR) is 101 cm³/mol. The lowest BCUT2D eigenvalue weighted by Gasteiger charge is -2.27. The molecule has 0 atom stereocenters. The Hall–Kier alpha value is -1.63. The number of benzene rings is 1. The van der Waals surface area contributed by atoms with Gasteiger partial charge in [0.25, 0.3) is 5.91 Å². The third-order valence-corrected chi connectivity index (χ3v) is 6.48. The Balaban J connectivity index is 1.75. The lowest BCUT2D eigenvalue weighted by molar-refractivity contribution is 0.0987. The van der Waals surface area contributed by atoms with Crippen LogP contribution >= 0.6 is 22.9 Å². The van der Waals surface area contributed by atoms with Gasteiger partial charge >= 0.3 is 0 Å². The number of ether oxygens (including phenoxy) is 2. The van der Waals surface area contributed by atoms with E-state index >= 15 is 0 Å². The summed E-state index contributed by atoms with van der Waals surface area (Å²) in [6, 6.07) is 5.01. The van der Waals surface area contributed by atoms with Gasteiger partial charge in [-0.15, -0.1) is 11.3 Å². The third-order valence-electron chi connectivity index (χ3n) is 5.06. The van der Waals surface area contributed by atoms with Gasteiger partial charge in [0.1, 0.15) is 5.75 Å². The fourth-order valence-electron chi connectivity index (χ4n) is 3.38. The van der Waals surface area contributed by atoms with Gasteiger partial charge in [0.2, 0.25) is 0 Å². The minimum Gasteiger partial charge on any atom is -0.496 e. The smallest absolute Gasteiger partial charge is 0.283 e. The summed E-state index contributed by atoms with van der Waals surface area (Å²) in [5, 5.41) is 0.491. The molecule has 5 nitrogen and oxygen atoms in total. The Labute approximate surface area is 161 Å². The average Bonchev–Trinajstić information content (AvgIpc) is 2.95. The van der Waals surface area contributed by atoms with Crippen molar-refractivity contribution in [3.63, 3.8) is 0 Å². The Morgan fingerprint density at radius 2 is 2.31 bits per heavy atom. The number of amides is 1. The molecular formula is C19H21ClN2O3S. The molecule has 1 aliphatic carbocycles. The van der Waals surface area contributed by atoms with Crippen molar-refractivity contribution in [3.05, 3.63) is 44.2 Å². The molecule has 0 N–H and O–H groups in total. The molecule has 0 radical (unpaired) electrons. The lowest BCUT2D eigenvalue weighted by atomic mass is 9.85. The van der Waals surface area contributed by atoms with Crippen molar-refractivity contribution < 1.29 is 14.3 Å². The van der Waals surface area contributed by atoms with E-state index in [0.29, 0.717) is 28.9 Å². The van der Waals surface area contributed by atoms with Crippen LogP contribution in [0.15, 0.2) is 23.2 Å². The molecule has 1 aromatic carbocycles. The number of halogens is 1. The zero-order valence-electron chi connectivity index (χ0n) is 14.7. The molecule has 2 aliphatic rings. The van der Waals surface area contributed by atoms with Crippen molar-refractivity contribution in [2.24, 2.45) is 10.9 Å². The number of hydrogen-bond donors (Lipinski definition) is 0. The standard InChI is InChI=1S/C19H21ClN2O3S/c1-24-16-6-5-13(20)9-14(16)18(23)21-19-22(10-12-3-2-4-12)15-11-25-8-7-17(15)26-19/h5-6,9,12H,2-4,7-8,10-11H2,1H3/b21-19-. The average molecular weight is 393 g/mol. The van der Waals surface area contributed by atoms with Gasteiger partial charge in [-0.25, -0.2) is 0 Å². The first-order chi connectivity index (χ1) is 12.7. The molecule has 0 spiro atoms. The Kier molecular flexibility index (Phi) is 5.16. The van der Waals surface area contributed by atoms with Crippen LogP contribution in [0.2, 0.25) is 5.02 Å². The van der Waals surface area contributed by atoms with Crippen molar-refractivity contribution >= 4 is 28.8 Å². The normalized spacial score (nSPS) is 17.7. The van der Waals surface area contributed by atoms with E-state index in [9.17, 15) is 4.79 Å². The summed E-state index contributed by atoms with van der Waals surface area (Å²) in [4.78, 5) is 19.3. The van der Waals surface area contributed by atoms with E-state index in [1.54, 1.807) is 29.5 Å². The molecule has 138 valence electrons. The van der Waals surface area contributed by atoms with E-state index in [2.05, 4.69) is 9.56 Å². The van der Waals surface area contributed by atoms with E-state index < -0.39 is 0 Å². The van der Waals surface area contributed by atoms with E-state index in [1.807, 2.05) is 0 Å². The monoisotopic (exact) mass is 392 g/mol. The summed E-state index contributed by atoms with van der Waals surface area (Å²) >= 11 is 7.66. The molecule has 26 heavy (non-hydrogen) atoms. The van der Waals surface area contributed by atoms with Gasteiger partial charge in [-0.3, -0.25) is 4.79 Å². The summed E-state index contributed by atoms with van der Waals surface area (Å²) in [6.45, 7) is 2.24. The molecule has 0 unspecified atom stereocenters. The Bertz CT molecular complexity index is 899. The highest BCUT2D eigenvalue weighted by Gasteiger charge is 2.24. The maximum atomic E-state index is 12.8. The molecule has 1 amide bonds. The highest BCUT2D eigenvalue weighted by molar-refractivity contribution is 7.09. The van der Waals surface area contributed by atoms with Crippen LogP contribution in [0.3, 0.4) is 0 Å². The molecule has 2 heterocycles. The number of hydrogen-bond acceptors (Lipinski definition) is 4. The van der Waals surface area contributed by atoms with Crippen molar-refractivity contribution in [1.82, 2.24) is 4.57 Å². The summed E-state index contributed by atoms with van der Waals surface area (Å²) in [5.41, 5.74) is 1.57. The molecule has 4 rings (SSSR count). The highest BCUT2D eigenvalue weighted by atomic mass is 35.5. The summed E-state index contributed by atoms with van der Waals surface area (Å²) < 4.78 is 13.1. The van der Waals surface area contributed by atoms with Crippen molar-refractivity contribution in [1.29, 1.82) is 0 Å². The molecule has 1 aliphatic heterocycles. The van der Waals surface area contributed by atoms with Crippen LogP contribution in [0, 0.1) is 5.92 Å². The number of nitrogens with zero attached hydrogens (tertiary/aromatic N) is 2. The maximum Gasteiger partial charge on any atom is 0.283 e. The van der Waals surface area contributed by atoms with Gasteiger partial charge in [-0.1, -0.05) is 18.0 Å². The van der Waals surface area contributed by atoms with Gasteiger partial charge in [-0.2, -0.15) is 4.99 Å². The fourth-order valence-corrected chi connectivity index (χ4v) is 4.67. The first kappa shape index (κ1) is 17.8. The number of carbonyl (C=O) groups is 1. The minimum absolute atomic E-state index is 0.328. The molecule has 1 aromatic heterocycles. The van der Waals surface area contributed by atoms with Crippen LogP contribution in [0.25, 0.3) is 0 Å². The van der Waals surface area contributed by atoms with Crippen LogP contribution in [0.5, 0.6) is 5.75 Å². The van der Waals surface area contributed by atoms with E-state index in [-0.39, 0.29) is 5.91 Å². The second-order valence-electron chi connectivity index (χ2n) is 6.73. The van der Waals surface area contributed by atoms with Gasteiger partial charge < -0.3 is 14.0 Å². The zero-order chi connectivity index (χ0) is 18.1. The summed E-state index contributed by atoms with van der Waals surface area (Å²) in [6.07, 6.45) is 4.66. The zero-order valence-corrected chi connectivity index (χ0v) is 16.2. The summed E-state index contributed by atoms with van der Waals surface area (Å²) in [5.74, 6) is 0.829. The van der Waals surface area contributed by atoms with Crippen molar-refractivity contribution in [2.45, 2.75) is 38.8 Å². The molecule has 0 bridgehead atoms. The number of carbonyl (C=O) groups excluding carboxylic acids is 1. The Morgan fingerprint density at radius 1 is 1.46 bits per heavy atom. The molecule has 2 aromatic rings. The van der Waals surface area contributed by atoms with Crippen molar-refractivity contribution in [2.75, 3.05) is 13.7 Å². The second-order valence-corrected chi connectivity index (χ2v) is 8.22. The quantitative estimate of drug-likeness (QED) is 0.794. The van der Waals surface area contributed by atoms with Gasteiger partial charge in [-0.05, 0) is 37.0 Å². The van der Waals surface area contributed by atoms with Gasteiger partial charge in [0.15, 0.2) is 4.80 Å². The molecule has 1 fully saturated rings. The first-order valence-corrected chi connectivity index (χ1v) is 10.1. The third kappa shape index (κ3) is 3.46. The minimum atomic E-state index is -0.328. The number of aromatic nitrogens is 1. The van der Waals surface area contributed by atoms with Crippen LogP contribution in [-0.2, 0) is 24.3 Å². The Morgan fingerprint density at radius 3 is 3.04 bits per heavy atom.